The lowest BCUT2D eigenvalue weighted by Crippen LogP contribution is -2.48. The van der Waals surface area contributed by atoms with E-state index in [0.29, 0.717) is 19.6 Å². The van der Waals surface area contributed by atoms with Crippen molar-refractivity contribution in [2.75, 3.05) is 13.2 Å². The van der Waals surface area contributed by atoms with Gasteiger partial charge in [0.25, 0.3) is 0 Å². The fourth-order valence-corrected chi connectivity index (χ4v) is 2.56. The first-order valence-electron chi connectivity index (χ1n) is 6.44. The van der Waals surface area contributed by atoms with Crippen molar-refractivity contribution in [2.24, 2.45) is 11.3 Å². The second kappa shape index (κ2) is 6.03. The molecule has 0 N–H and O–H groups in total. The fourth-order valence-electron chi connectivity index (χ4n) is 2.56. The summed E-state index contributed by atoms with van der Waals surface area (Å²) in [5, 5.41) is 0. The lowest BCUT2D eigenvalue weighted by Gasteiger charge is -2.37. The standard InChI is InChI=1S/C13H22O4/c1-4-16-11(14)13(12(15)17-5-2)9-7-6-8-10(13)3/h10H,4-9H2,1-3H3/t10-/m0/s1. The number of hydrogen-bond acceptors (Lipinski definition) is 4. The highest BCUT2D eigenvalue weighted by molar-refractivity contribution is 6.00. The van der Waals surface area contributed by atoms with Crippen LogP contribution in [0, 0.1) is 11.3 Å². The molecule has 1 aliphatic rings. The van der Waals surface area contributed by atoms with Gasteiger partial charge in [0.05, 0.1) is 13.2 Å². The van der Waals surface area contributed by atoms with Gasteiger partial charge in [0, 0.05) is 0 Å². The van der Waals surface area contributed by atoms with E-state index in [1.165, 1.54) is 0 Å². The molecule has 98 valence electrons. The van der Waals surface area contributed by atoms with Crippen molar-refractivity contribution in [2.45, 2.75) is 46.5 Å². The number of hydrogen-bond donors (Lipinski definition) is 0. The molecule has 0 radical (unpaired) electrons. The summed E-state index contributed by atoms with van der Waals surface area (Å²) in [4.78, 5) is 24.2. The zero-order valence-electron chi connectivity index (χ0n) is 11.0. The van der Waals surface area contributed by atoms with Crippen LogP contribution < -0.4 is 0 Å². The van der Waals surface area contributed by atoms with Crippen molar-refractivity contribution < 1.29 is 19.1 Å². The molecule has 1 saturated carbocycles. The molecule has 0 aromatic carbocycles. The van der Waals surface area contributed by atoms with Crippen LogP contribution >= 0.6 is 0 Å². The molecular weight excluding hydrogens is 220 g/mol. The maximum atomic E-state index is 12.1. The zero-order valence-corrected chi connectivity index (χ0v) is 11.0. The Kier molecular flexibility index (Phi) is 4.97. The normalized spacial score (nSPS) is 22.9. The fraction of sp³-hybridized carbons (Fsp3) is 0.846. The van der Waals surface area contributed by atoms with Crippen LogP contribution in [-0.4, -0.2) is 25.2 Å². The Morgan fingerprint density at radius 2 is 1.65 bits per heavy atom. The van der Waals surface area contributed by atoms with Crippen LogP contribution in [0.1, 0.15) is 46.5 Å². The summed E-state index contributed by atoms with van der Waals surface area (Å²) in [5.74, 6) is -0.828. The maximum Gasteiger partial charge on any atom is 0.323 e. The molecule has 0 heterocycles. The van der Waals surface area contributed by atoms with E-state index in [0.717, 1.165) is 19.3 Å². The van der Waals surface area contributed by atoms with Gasteiger partial charge in [-0.3, -0.25) is 9.59 Å². The first-order chi connectivity index (χ1) is 8.09. The average molecular weight is 242 g/mol. The number of carbonyl (C=O) groups is 2. The molecule has 0 spiro atoms. The molecule has 1 atom stereocenters. The molecule has 1 fully saturated rings. The molecule has 0 aromatic rings. The van der Waals surface area contributed by atoms with E-state index in [1.54, 1.807) is 13.8 Å². The van der Waals surface area contributed by atoms with Gasteiger partial charge in [0.1, 0.15) is 0 Å². The van der Waals surface area contributed by atoms with Crippen molar-refractivity contribution in [1.82, 2.24) is 0 Å². The van der Waals surface area contributed by atoms with Crippen LogP contribution in [0.4, 0.5) is 0 Å². The highest BCUT2D eigenvalue weighted by atomic mass is 16.6. The average Bonchev–Trinajstić information content (AvgIpc) is 2.30. The Labute approximate surface area is 103 Å². The van der Waals surface area contributed by atoms with Gasteiger partial charge < -0.3 is 9.47 Å². The monoisotopic (exact) mass is 242 g/mol. The Morgan fingerprint density at radius 3 is 2.06 bits per heavy atom. The Bertz CT molecular complexity index is 267. The third-order valence-electron chi connectivity index (χ3n) is 3.58. The van der Waals surface area contributed by atoms with Gasteiger partial charge in [0.15, 0.2) is 5.41 Å². The van der Waals surface area contributed by atoms with E-state index in [2.05, 4.69) is 0 Å². The van der Waals surface area contributed by atoms with E-state index in [-0.39, 0.29) is 5.92 Å². The topological polar surface area (TPSA) is 52.6 Å². The smallest absolute Gasteiger partial charge is 0.323 e. The molecule has 0 bridgehead atoms. The van der Waals surface area contributed by atoms with Gasteiger partial charge in [0.2, 0.25) is 0 Å². The van der Waals surface area contributed by atoms with Gasteiger partial charge in [-0.25, -0.2) is 0 Å². The molecule has 4 heteroatoms. The van der Waals surface area contributed by atoms with Crippen molar-refractivity contribution in [3.8, 4) is 0 Å². The molecule has 1 aliphatic carbocycles. The lowest BCUT2D eigenvalue weighted by molar-refractivity contribution is -0.179. The van der Waals surface area contributed by atoms with Crippen LogP contribution in [0.2, 0.25) is 0 Å². The molecule has 0 amide bonds. The predicted octanol–water partition coefficient (Wildman–Crippen LogP) is 2.31. The van der Waals surface area contributed by atoms with Gasteiger partial charge in [-0.1, -0.05) is 19.8 Å². The molecular formula is C13H22O4. The second-order valence-electron chi connectivity index (χ2n) is 4.56. The molecule has 4 nitrogen and oxygen atoms in total. The minimum Gasteiger partial charge on any atom is -0.465 e. The molecule has 0 aromatic heterocycles. The zero-order chi connectivity index (χ0) is 12.9. The number of carbonyl (C=O) groups excluding carboxylic acids is 2. The highest BCUT2D eigenvalue weighted by Gasteiger charge is 2.53. The van der Waals surface area contributed by atoms with Crippen LogP contribution in [0.3, 0.4) is 0 Å². The van der Waals surface area contributed by atoms with Gasteiger partial charge >= 0.3 is 11.9 Å². The van der Waals surface area contributed by atoms with Gasteiger partial charge in [-0.15, -0.1) is 0 Å². The van der Waals surface area contributed by atoms with Crippen LogP contribution in [0.15, 0.2) is 0 Å². The third-order valence-corrected chi connectivity index (χ3v) is 3.58. The van der Waals surface area contributed by atoms with E-state index in [4.69, 9.17) is 9.47 Å². The van der Waals surface area contributed by atoms with E-state index in [1.807, 2.05) is 6.92 Å². The summed E-state index contributed by atoms with van der Waals surface area (Å²) < 4.78 is 10.2. The summed E-state index contributed by atoms with van der Waals surface area (Å²) in [5.41, 5.74) is -1.07. The quantitative estimate of drug-likeness (QED) is 0.560. The van der Waals surface area contributed by atoms with Crippen LogP contribution in [0.25, 0.3) is 0 Å². The summed E-state index contributed by atoms with van der Waals surface area (Å²) in [6.45, 7) is 6.04. The summed E-state index contributed by atoms with van der Waals surface area (Å²) in [6, 6.07) is 0. The third kappa shape index (κ3) is 2.61. The van der Waals surface area contributed by atoms with E-state index >= 15 is 0 Å². The van der Waals surface area contributed by atoms with Crippen molar-refractivity contribution in [3.63, 3.8) is 0 Å². The van der Waals surface area contributed by atoms with Gasteiger partial charge in [-0.05, 0) is 32.6 Å². The van der Waals surface area contributed by atoms with Crippen molar-refractivity contribution >= 4 is 11.9 Å². The maximum absolute atomic E-state index is 12.1. The molecule has 0 unspecified atom stereocenters. The number of rotatable bonds is 4. The van der Waals surface area contributed by atoms with Crippen molar-refractivity contribution in [3.05, 3.63) is 0 Å². The molecule has 17 heavy (non-hydrogen) atoms. The van der Waals surface area contributed by atoms with Crippen LogP contribution in [0.5, 0.6) is 0 Å². The minimum absolute atomic E-state index is 0.00523. The predicted molar refractivity (Wildman–Crippen MR) is 63.3 cm³/mol. The largest absolute Gasteiger partial charge is 0.465 e. The van der Waals surface area contributed by atoms with E-state index in [9.17, 15) is 9.59 Å². The van der Waals surface area contributed by atoms with Crippen molar-refractivity contribution in [1.29, 1.82) is 0 Å². The van der Waals surface area contributed by atoms with Crippen LogP contribution in [-0.2, 0) is 19.1 Å². The SMILES string of the molecule is CCOC(=O)C1(C(=O)OCC)CCCC[C@@H]1C. The Hall–Kier alpha value is -1.06. The number of ether oxygens (including phenoxy) is 2. The highest BCUT2D eigenvalue weighted by Crippen LogP contribution is 2.43. The van der Waals surface area contributed by atoms with E-state index < -0.39 is 17.4 Å². The molecule has 0 saturated heterocycles. The lowest BCUT2D eigenvalue weighted by atomic mass is 9.67. The molecule has 1 rings (SSSR count). The van der Waals surface area contributed by atoms with Gasteiger partial charge in [-0.2, -0.15) is 0 Å². The summed E-state index contributed by atoms with van der Waals surface area (Å²) in [6.07, 6.45) is 3.35. The number of esters is 2. The summed E-state index contributed by atoms with van der Waals surface area (Å²) in [7, 11) is 0. The minimum atomic E-state index is -1.07. The molecule has 0 aliphatic heterocycles. The first-order valence-corrected chi connectivity index (χ1v) is 6.44. The Morgan fingerprint density at radius 1 is 1.12 bits per heavy atom. The first kappa shape index (κ1) is 14.0. The Balaban J connectivity index is 2.97. The summed E-state index contributed by atoms with van der Waals surface area (Å²) >= 11 is 0. The second-order valence-corrected chi connectivity index (χ2v) is 4.56.